The van der Waals surface area contributed by atoms with Gasteiger partial charge in [0.25, 0.3) is 0 Å². The topological polar surface area (TPSA) is 49.3 Å². The molecule has 206 valence electrons. The van der Waals surface area contributed by atoms with Crippen LogP contribution in [0, 0.1) is 11.8 Å². The van der Waals surface area contributed by atoms with E-state index in [-0.39, 0.29) is 5.92 Å². The Bertz CT molecular complexity index is 1250. The molecular formula is C33H42N4OS. The number of anilines is 2. The van der Waals surface area contributed by atoms with Gasteiger partial charge in [-0.15, -0.1) is 11.3 Å². The Morgan fingerprint density at radius 3 is 2.33 bits per heavy atom. The van der Waals surface area contributed by atoms with Crippen LogP contribution in [0.25, 0.3) is 10.4 Å². The zero-order chi connectivity index (χ0) is 26.8. The summed E-state index contributed by atoms with van der Waals surface area (Å²) in [7, 11) is 4.07. The standard InChI is InChI=1S/C33H42N4OS/c1-36(2)31-18-17-28(20-34-31)24-13-11-23(12-14-24)22-37(33(38)26-7-4-3-5-8-26)29-10-6-9-27(19-29)30-21-35-32(39-30)25-15-16-25/h6,9-10,17-21,23-26H,3-5,7-8,11-16,22H2,1-2H3. The predicted octanol–water partition coefficient (Wildman–Crippen LogP) is 8.04. The monoisotopic (exact) mass is 542 g/mol. The molecule has 0 unspecified atom stereocenters. The summed E-state index contributed by atoms with van der Waals surface area (Å²) in [5, 5.41) is 1.27. The lowest BCUT2D eigenvalue weighted by molar-refractivity contribution is -0.123. The number of hydrogen-bond acceptors (Lipinski definition) is 5. The number of rotatable bonds is 8. The largest absolute Gasteiger partial charge is 0.363 e. The van der Waals surface area contributed by atoms with Gasteiger partial charge in [0.2, 0.25) is 5.91 Å². The summed E-state index contributed by atoms with van der Waals surface area (Å²) >= 11 is 1.83. The molecule has 2 heterocycles. The number of benzene rings is 1. The van der Waals surface area contributed by atoms with Crippen molar-refractivity contribution in [3.63, 3.8) is 0 Å². The van der Waals surface area contributed by atoms with Crippen molar-refractivity contribution in [1.82, 2.24) is 9.97 Å². The minimum absolute atomic E-state index is 0.171. The second-order valence-corrected chi connectivity index (χ2v) is 13.3. The maximum atomic E-state index is 14.0. The molecule has 3 fully saturated rings. The van der Waals surface area contributed by atoms with Crippen LogP contribution in [-0.2, 0) is 4.79 Å². The summed E-state index contributed by atoms with van der Waals surface area (Å²) in [6, 6.07) is 13.1. The number of nitrogens with zero attached hydrogens (tertiary/aromatic N) is 4. The molecule has 3 saturated carbocycles. The highest BCUT2D eigenvalue weighted by Crippen LogP contribution is 2.44. The Balaban J connectivity index is 1.18. The zero-order valence-corrected chi connectivity index (χ0v) is 24.3. The number of carbonyl (C=O) groups is 1. The van der Waals surface area contributed by atoms with Gasteiger partial charge in [0.05, 0.1) is 9.88 Å². The fraction of sp³-hybridized carbons (Fsp3) is 0.545. The summed E-state index contributed by atoms with van der Waals surface area (Å²) in [6.07, 6.45) is 17.0. The molecule has 3 aromatic rings. The van der Waals surface area contributed by atoms with Crippen molar-refractivity contribution in [3.8, 4) is 10.4 Å². The molecule has 0 saturated heterocycles. The number of aromatic nitrogens is 2. The minimum Gasteiger partial charge on any atom is -0.363 e. The Morgan fingerprint density at radius 1 is 0.872 bits per heavy atom. The van der Waals surface area contributed by atoms with Crippen molar-refractivity contribution >= 4 is 28.7 Å². The minimum atomic E-state index is 0.171. The molecule has 0 spiro atoms. The summed E-state index contributed by atoms with van der Waals surface area (Å²) in [5.41, 5.74) is 3.61. The van der Waals surface area contributed by atoms with E-state index in [0.717, 1.165) is 43.7 Å². The Hall–Kier alpha value is -2.73. The van der Waals surface area contributed by atoms with Gasteiger partial charge in [-0.3, -0.25) is 4.79 Å². The van der Waals surface area contributed by atoms with Crippen LogP contribution < -0.4 is 9.80 Å². The third-order valence-corrected chi connectivity index (χ3v) is 10.3. The summed E-state index contributed by atoms with van der Waals surface area (Å²) in [4.78, 5) is 28.8. The highest BCUT2D eigenvalue weighted by atomic mass is 32.1. The average Bonchev–Trinajstić information content (AvgIpc) is 3.72. The number of amides is 1. The van der Waals surface area contributed by atoms with Gasteiger partial charge in [-0.05, 0) is 92.5 Å². The molecule has 3 aliphatic rings. The molecule has 39 heavy (non-hydrogen) atoms. The molecule has 1 amide bonds. The van der Waals surface area contributed by atoms with Crippen LogP contribution in [0.1, 0.15) is 93.0 Å². The fourth-order valence-corrected chi connectivity index (χ4v) is 7.58. The number of hydrogen-bond donors (Lipinski definition) is 0. The van der Waals surface area contributed by atoms with Crippen molar-refractivity contribution in [2.75, 3.05) is 30.4 Å². The summed E-state index contributed by atoms with van der Waals surface area (Å²) < 4.78 is 0. The third kappa shape index (κ3) is 6.21. The summed E-state index contributed by atoms with van der Waals surface area (Å²) in [6.45, 7) is 0.833. The van der Waals surface area contributed by atoms with Gasteiger partial charge in [0.15, 0.2) is 0 Å². The maximum absolute atomic E-state index is 14.0. The second kappa shape index (κ2) is 11.8. The first-order valence-electron chi connectivity index (χ1n) is 15.1. The van der Waals surface area contributed by atoms with E-state index in [1.807, 2.05) is 31.6 Å². The van der Waals surface area contributed by atoms with Crippen LogP contribution >= 0.6 is 11.3 Å². The molecule has 3 aliphatic carbocycles. The van der Waals surface area contributed by atoms with Crippen molar-refractivity contribution < 1.29 is 4.79 Å². The van der Waals surface area contributed by atoms with E-state index in [4.69, 9.17) is 4.98 Å². The molecule has 0 radical (unpaired) electrons. The number of carbonyl (C=O) groups excluding carboxylic acids is 1. The van der Waals surface area contributed by atoms with E-state index < -0.39 is 0 Å². The van der Waals surface area contributed by atoms with Crippen molar-refractivity contribution in [2.24, 2.45) is 11.8 Å². The van der Waals surface area contributed by atoms with Crippen LogP contribution in [0.2, 0.25) is 0 Å². The normalized spacial score (nSPS) is 22.0. The Kier molecular flexibility index (Phi) is 8.01. The quantitative estimate of drug-likeness (QED) is 0.289. The highest BCUT2D eigenvalue weighted by Gasteiger charge is 2.31. The van der Waals surface area contributed by atoms with E-state index in [1.54, 1.807) is 0 Å². The Labute approximate surface area is 237 Å². The van der Waals surface area contributed by atoms with E-state index in [1.165, 1.54) is 66.0 Å². The van der Waals surface area contributed by atoms with Gasteiger partial charge in [-0.2, -0.15) is 0 Å². The lowest BCUT2D eigenvalue weighted by Gasteiger charge is -2.35. The van der Waals surface area contributed by atoms with Crippen molar-refractivity contribution in [3.05, 3.63) is 59.4 Å². The molecule has 6 rings (SSSR count). The van der Waals surface area contributed by atoms with Crippen LogP contribution in [0.4, 0.5) is 11.5 Å². The van der Waals surface area contributed by atoms with Crippen molar-refractivity contribution in [2.45, 2.75) is 82.5 Å². The SMILES string of the molecule is CN(C)c1ccc(C2CCC(CN(C(=O)C3CCCCC3)c3cccc(-c4cnc(C5CC5)s4)c3)CC2)cn1. The molecular weight excluding hydrogens is 500 g/mol. The van der Waals surface area contributed by atoms with Crippen LogP contribution in [-0.4, -0.2) is 36.5 Å². The molecule has 0 aliphatic heterocycles. The molecule has 0 N–H and O–H groups in total. The fourth-order valence-electron chi connectivity index (χ4n) is 6.50. The van der Waals surface area contributed by atoms with Gasteiger partial charge >= 0.3 is 0 Å². The molecule has 0 atom stereocenters. The maximum Gasteiger partial charge on any atom is 0.230 e. The second-order valence-electron chi connectivity index (χ2n) is 12.2. The highest BCUT2D eigenvalue weighted by molar-refractivity contribution is 7.15. The smallest absolute Gasteiger partial charge is 0.230 e. The lowest BCUT2D eigenvalue weighted by Crippen LogP contribution is -2.41. The Morgan fingerprint density at radius 2 is 1.64 bits per heavy atom. The van der Waals surface area contributed by atoms with Gasteiger partial charge in [-0.25, -0.2) is 9.97 Å². The van der Waals surface area contributed by atoms with Crippen LogP contribution in [0.15, 0.2) is 48.8 Å². The third-order valence-electron chi connectivity index (χ3n) is 9.10. The van der Waals surface area contributed by atoms with Crippen LogP contribution in [0.3, 0.4) is 0 Å². The first-order chi connectivity index (χ1) is 19.0. The predicted molar refractivity (Wildman–Crippen MR) is 162 cm³/mol. The summed E-state index contributed by atoms with van der Waals surface area (Å²) in [5.74, 6) is 3.31. The first kappa shape index (κ1) is 26.5. The van der Waals surface area contributed by atoms with Gasteiger partial charge < -0.3 is 9.80 Å². The number of pyridine rings is 1. The molecule has 0 bridgehead atoms. The molecule has 6 heteroatoms. The first-order valence-corrected chi connectivity index (χ1v) is 15.9. The van der Waals surface area contributed by atoms with Gasteiger partial charge in [0.1, 0.15) is 5.82 Å². The average molecular weight is 543 g/mol. The van der Waals surface area contributed by atoms with Gasteiger partial charge in [0, 0.05) is 50.6 Å². The van der Waals surface area contributed by atoms with Crippen molar-refractivity contribution in [1.29, 1.82) is 0 Å². The van der Waals surface area contributed by atoms with E-state index in [9.17, 15) is 4.79 Å². The van der Waals surface area contributed by atoms with Gasteiger partial charge in [-0.1, -0.05) is 37.5 Å². The lowest BCUT2D eigenvalue weighted by atomic mass is 9.78. The molecule has 2 aromatic heterocycles. The molecule has 1 aromatic carbocycles. The van der Waals surface area contributed by atoms with Crippen LogP contribution in [0.5, 0.6) is 0 Å². The van der Waals surface area contributed by atoms with E-state index >= 15 is 0 Å². The molecule has 5 nitrogen and oxygen atoms in total. The van der Waals surface area contributed by atoms with E-state index in [0.29, 0.717) is 23.7 Å². The zero-order valence-electron chi connectivity index (χ0n) is 23.5. The van der Waals surface area contributed by atoms with E-state index in [2.05, 4.69) is 57.4 Å². The number of thiazole rings is 1.